The molecular weight excluding hydrogens is 364 g/mol. The van der Waals surface area contributed by atoms with Gasteiger partial charge in [-0.2, -0.15) is 0 Å². The number of piperidine rings is 1. The summed E-state index contributed by atoms with van der Waals surface area (Å²) in [6.45, 7) is 6.08. The molecule has 1 aromatic carbocycles. The summed E-state index contributed by atoms with van der Waals surface area (Å²) >= 11 is 5.92. The monoisotopic (exact) mass is 388 g/mol. The number of hydrogen-bond donors (Lipinski definition) is 1. The summed E-state index contributed by atoms with van der Waals surface area (Å²) in [6.07, 6.45) is 0.576. The van der Waals surface area contributed by atoms with E-state index in [9.17, 15) is 13.2 Å². The van der Waals surface area contributed by atoms with Crippen LogP contribution in [0.1, 0.15) is 32.3 Å². The molecule has 1 saturated heterocycles. The molecule has 25 heavy (non-hydrogen) atoms. The van der Waals surface area contributed by atoms with Crippen LogP contribution < -0.4 is 10.1 Å². The molecule has 0 saturated carbocycles. The Morgan fingerprint density at radius 3 is 2.60 bits per heavy atom. The minimum absolute atomic E-state index is 0.0341. The third-order valence-corrected chi connectivity index (χ3v) is 6.49. The lowest BCUT2D eigenvalue weighted by atomic mass is 10.1. The van der Waals surface area contributed by atoms with Crippen molar-refractivity contribution < 1.29 is 17.9 Å². The van der Waals surface area contributed by atoms with E-state index in [-0.39, 0.29) is 17.7 Å². The molecular formula is C17H25ClN2O4S. The Bertz CT molecular complexity index is 715. The molecule has 0 radical (unpaired) electrons. The summed E-state index contributed by atoms with van der Waals surface area (Å²) in [4.78, 5) is 12.3. The largest absolute Gasteiger partial charge is 0.481 e. The number of carbonyl (C=O) groups excluding carboxylic acids is 1. The molecule has 1 aliphatic rings. The predicted molar refractivity (Wildman–Crippen MR) is 98.5 cm³/mol. The van der Waals surface area contributed by atoms with Gasteiger partial charge in [0.1, 0.15) is 5.75 Å². The van der Waals surface area contributed by atoms with Crippen molar-refractivity contribution in [1.82, 2.24) is 9.62 Å². The first-order valence-electron chi connectivity index (χ1n) is 8.44. The van der Waals surface area contributed by atoms with Gasteiger partial charge in [0, 0.05) is 24.2 Å². The van der Waals surface area contributed by atoms with E-state index in [0.717, 1.165) is 5.56 Å². The number of halogens is 1. The lowest BCUT2D eigenvalue weighted by Gasteiger charge is -2.32. The lowest BCUT2D eigenvalue weighted by molar-refractivity contribution is -0.128. The molecule has 0 spiro atoms. The van der Waals surface area contributed by atoms with Gasteiger partial charge in [0.15, 0.2) is 6.10 Å². The van der Waals surface area contributed by atoms with Gasteiger partial charge in [0.25, 0.3) is 5.91 Å². The third kappa shape index (κ3) is 5.33. The van der Waals surface area contributed by atoms with Gasteiger partial charge in [-0.05, 0) is 57.4 Å². The van der Waals surface area contributed by atoms with Crippen molar-refractivity contribution in [3.8, 4) is 5.75 Å². The molecule has 0 bridgehead atoms. The number of nitrogens with one attached hydrogen (secondary N) is 1. The molecule has 1 amide bonds. The van der Waals surface area contributed by atoms with Crippen LogP contribution in [0.25, 0.3) is 0 Å². The second-order valence-electron chi connectivity index (χ2n) is 6.25. The molecule has 2 rings (SSSR count). The number of carbonyl (C=O) groups is 1. The van der Waals surface area contributed by atoms with E-state index in [2.05, 4.69) is 5.32 Å². The van der Waals surface area contributed by atoms with E-state index in [1.54, 1.807) is 32.0 Å². The highest BCUT2D eigenvalue weighted by atomic mass is 35.5. The highest BCUT2D eigenvalue weighted by molar-refractivity contribution is 7.89. The Morgan fingerprint density at radius 2 is 2.04 bits per heavy atom. The molecule has 140 valence electrons. The molecule has 1 N–H and O–H groups in total. The standard InChI is InChI=1S/C17H25ClN2O4S/c1-4-25(22,23)20-9-7-15(8-10-20)19-17(21)13(3)24-16-6-5-14(18)11-12(16)2/h5-6,11,13,15H,4,7-10H2,1-3H3,(H,19,21)/t13-/m1/s1. The van der Waals surface area contributed by atoms with E-state index in [1.165, 1.54) is 4.31 Å². The number of sulfonamides is 1. The topological polar surface area (TPSA) is 75.7 Å². The number of hydrogen-bond acceptors (Lipinski definition) is 4. The number of rotatable bonds is 6. The molecule has 1 aromatic rings. The van der Waals surface area contributed by atoms with E-state index in [1.807, 2.05) is 6.92 Å². The molecule has 0 unspecified atom stereocenters. The van der Waals surface area contributed by atoms with Crippen LogP contribution in [0.3, 0.4) is 0 Å². The van der Waals surface area contributed by atoms with Crippen LogP contribution in [0.2, 0.25) is 5.02 Å². The number of ether oxygens (including phenoxy) is 1. The van der Waals surface area contributed by atoms with Gasteiger partial charge in [0.2, 0.25) is 10.0 Å². The fourth-order valence-corrected chi connectivity index (χ4v) is 4.13. The SMILES string of the molecule is CCS(=O)(=O)N1CCC(NC(=O)[C@@H](C)Oc2ccc(Cl)cc2C)CC1. The number of nitrogens with zero attached hydrogens (tertiary/aromatic N) is 1. The Morgan fingerprint density at radius 1 is 1.40 bits per heavy atom. The van der Waals surface area contributed by atoms with Crippen LogP contribution in [0, 0.1) is 6.92 Å². The summed E-state index contributed by atoms with van der Waals surface area (Å²) in [5, 5.41) is 3.57. The third-order valence-electron chi connectivity index (χ3n) is 4.37. The highest BCUT2D eigenvalue weighted by Crippen LogP contribution is 2.23. The first kappa shape index (κ1) is 20.0. The normalized spacial score (nSPS) is 17.9. The zero-order valence-corrected chi connectivity index (χ0v) is 16.4. The van der Waals surface area contributed by atoms with Crippen LogP contribution in [0.15, 0.2) is 18.2 Å². The molecule has 1 aliphatic heterocycles. The highest BCUT2D eigenvalue weighted by Gasteiger charge is 2.28. The van der Waals surface area contributed by atoms with Gasteiger partial charge in [-0.1, -0.05) is 11.6 Å². The van der Waals surface area contributed by atoms with E-state index < -0.39 is 16.1 Å². The van der Waals surface area contributed by atoms with Crippen LogP contribution in [0.5, 0.6) is 5.75 Å². The van der Waals surface area contributed by atoms with Gasteiger partial charge in [-0.3, -0.25) is 4.79 Å². The minimum Gasteiger partial charge on any atom is -0.481 e. The van der Waals surface area contributed by atoms with Gasteiger partial charge in [-0.25, -0.2) is 12.7 Å². The lowest BCUT2D eigenvalue weighted by Crippen LogP contribution is -2.49. The fraction of sp³-hybridized carbons (Fsp3) is 0.588. The van der Waals surface area contributed by atoms with Crippen LogP contribution in [0.4, 0.5) is 0 Å². The second kappa shape index (κ2) is 8.38. The van der Waals surface area contributed by atoms with Crippen molar-refractivity contribution in [2.75, 3.05) is 18.8 Å². The maximum atomic E-state index is 12.3. The molecule has 0 aliphatic carbocycles. The minimum atomic E-state index is -3.15. The zero-order valence-electron chi connectivity index (χ0n) is 14.8. The summed E-state index contributed by atoms with van der Waals surface area (Å²) in [5.41, 5.74) is 0.866. The average Bonchev–Trinajstić information content (AvgIpc) is 2.57. The molecule has 0 aromatic heterocycles. The van der Waals surface area contributed by atoms with Crippen LogP contribution >= 0.6 is 11.6 Å². The van der Waals surface area contributed by atoms with Crippen molar-refractivity contribution >= 4 is 27.5 Å². The smallest absolute Gasteiger partial charge is 0.260 e. The molecule has 1 fully saturated rings. The average molecular weight is 389 g/mol. The van der Waals surface area contributed by atoms with E-state index in [4.69, 9.17) is 16.3 Å². The van der Waals surface area contributed by atoms with E-state index >= 15 is 0 Å². The summed E-state index contributed by atoms with van der Waals surface area (Å²) < 4.78 is 30.9. The second-order valence-corrected chi connectivity index (χ2v) is 8.95. The zero-order chi connectivity index (χ0) is 18.6. The van der Waals surface area contributed by atoms with Gasteiger partial charge < -0.3 is 10.1 Å². The summed E-state index contributed by atoms with van der Waals surface area (Å²) in [6, 6.07) is 5.22. The molecule has 1 heterocycles. The van der Waals surface area contributed by atoms with Crippen molar-refractivity contribution in [1.29, 1.82) is 0 Å². The fourth-order valence-electron chi connectivity index (χ4n) is 2.77. The first-order valence-corrected chi connectivity index (χ1v) is 10.4. The molecule has 8 heteroatoms. The maximum Gasteiger partial charge on any atom is 0.260 e. The van der Waals surface area contributed by atoms with Crippen molar-refractivity contribution in [3.05, 3.63) is 28.8 Å². The van der Waals surface area contributed by atoms with Crippen molar-refractivity contribution in [2.45, 2.75) is 45.8 Å². The maximum absolute atomic E-state index is 12.3. The van der Waals surface area contributed by atoms with Crippen molar-refractivity contribution in [3.63, 3.8) is 0 Å². The van der Waals surface area contributed by atoms with Crippen LogP contribution in [-0.2, 0) is 14.8 Å². The molecule has 6 nitrogen and oxygen atoms in total. The summed E-state index contributed by atoms with van der Waals surface area (Å²) in [5.74, 6) is 0.525. The summed E-state index contributed by atoms with van der Waals surface area (Å²) in [7, 11) is -3.15. The predicted octanol–water partition coefficient (Wildman–Crippen LogP) is 2.35. The first-order chi connectivity index (χ1) is 11.7. The Hall–Kier alpha value is -1.31. The Labute approximate surface area is 154 Å². The number of amides is 1. The van der Waals surface area contributed by atoms with Gasteiger partial charge in [-0.15, -0.1) is 0 Å². The van der Waals surface area contributed by atoms with Crippen molar-refractivity contribution in [2.24, 2.45) is 0 Å². The Kier molecular flexibility index (Phi) is 6.71. The van der Waals surface area contributed by atoms with Gasteiger partial charge >= 0.3 is 0 Å². The number of benzene rings is 1. The quantitative estimate of drug-likeness (QED) is 0.811. The Balaban J connectivity index is 1.86. The molecule has 1 atom stereocenters. The van der Waals surface area contributed by atoms with E-state index in [0.29, 0.717) is 36.7 Å². The number of aryl methyl sites for hydroxylation is 1. The van der Waals surface area contributed by atoms with Gasteiger partial charge in [0.05, 0.1) is 5.75 Å². The van der Waals surface area contributed by atoms with Crippen LogP contribution in [-0.4, -0.2) is 49.6 Å².